The number of aliphatic hydroxyl groups is 1. The monoisotopic (exact) mass is 414 g/mol. The van der Waals surface area contributed by atoms with Crippen LogP contribution in [0, 0.1) is 0 Å². The standard InChI is InChI=1S/C19H18ClF3N2O3/c1-11(25-18(28)13-7-3-5-9-15(13)20)17(27)24-10-16(26)12-6-2-4-8-14(12)19(21,22)23/h2-9,11,16,26H,10H2,1H3,(H,24,27)(H,25,28). The lowest BCUT2D eigenvalue weighted by Gasteiger charge is -2.19. The number of hydrogen-bond acceptors (Lipinski definition) is 3. The number of halogens is 4. The molecule has 150 valence electrons. The Balaban J connectivity index is 1.97. The molecule has 0 heterocycles. The molecule has 2 atom stereocenters. The van der Waals surface area contributed by atoms with Gasteiger partial charge in [0.15, 0.2) is 0 Å². The minimum absolute atomic E-state index is 0.183. The molecule has 0 aliphatic carbocycles. The van der Waals surface area contributed by atoms with E-state index < -0.39 is 42.2 Å². The third-order valence-electron chi connectivity index (χ3n) is 3.95. The minimum Gasteiger partial charge on any atom is -0.387 e. The molecule has 0 aromatic heterocycles. The maximum absolute atomic E-state index is 13.0. The molecular formula is C19H18ClF3N2O3. The van der Waals surface area contributed by atoms with Crippen molar-refractivity contribution in [1.82, 2.24) is 10.6 Å². The molecule has 3 N–H and O–H groups in total. The molecule has 2 amide bonds. The van der Waals surface area contributed by atoms with Crippen molar-refractivity contribution in [2.24, 2.45) is 0 Å². The zero-order valence-electron chi connectivity index (χ0n) is 14.8. The third-order valence-corrected chi connectivity index (χ3v) is 4.28. The molecule has 0 saturated heterocycles. The maximum Gasteiger partial charge on any atom is 0.416 e. The number of amides is 2. The van der Waals surface area contributed by atoms with E-state index >= 15 is 0 Å². The second-order valence-electron chi connectivity index (χ2n) is 6.02. The lowest BCUT2D eigenvalue weighted by atomic mass is 10.0. The predicted octanol–water partition coefficient (Wildman–Crippen LogP) is 3.33. The van der Waals surface area contributed by atoms with Crippen LogP contribution in [0.2, 0.25) is 5.02 Å². The second-order valence-corrected chi connectivity index (χ2v) is 6.43. The van der Waals surface area contributed by atoms with Crippen LogP contribution in [-0.2, 0) is 11.0 Å². The summed E-state index contributed by atoms with van der Waals surface area (Å²) in [6.45, 7) is 0.957. The predicted molar refractivity (Wildman–Crippen MR) is 97.8 cm³/mol. The topological polar surface area (TPSA) is 78.4 Å². The summed E-state index contributed by atoms with van der Waals surface area (Å²) in [6, 6.07) is 9.85. The molecule has 0 aliphatic rings. The molecule has 0 saturated carbocycles. The van der Waals surface area contributed by atoms with Crippen molar-refractivity contribution in [3.8, 4) is 0 Å². The van der Waals surface area contributed by atoms with E-state index in [1.807, 2.05) is 0 Å². The molecular weight excluding hydrogens is 397 g/mol. The zero-order chi connectivity index (χ0) is 20.9. The Bertz CT molecular complexity index is 858. The molecule has 0 fully saturated rings. The molecule has 0 radical (unpaired) electrons. The highest BCUT2D eigenvalue weighted by Crippen LogP contribution is 2.34. The van der Waals surface area contributed by atoms with Crippen LogP contribution >= 0.6 is 11.6 Å². The average Bonchev–Trinajstić information content (AvgIpc) is 2.65. The van der Waals surface area contributed by atoms with E-state index in [9.17, 15) is 27.9 Å². The Labute approximate surface area is 164 Å². The fourth-order valence-corrected chi connectivity index (χ4v) is 2.71. The highest BCUT2D eigenvalue weighted by atomic mass is 35.5. The van der Waals surface area contributed by atoms with Crippen molar-refractivity contribution in [3.05, 3.63) is 70.2 Å². The largest absolute Gasteiger partial charge is 0.416 e. The maximum atomic E-state index is 13.0. The molecule has 0 bridgehead atoms. The van der Waals surface area contributed by atoms with E-state index in [4.69, 9.17) is 11.6 Å². The molecule has 0 spiro atoms. The first-order chi connectivity index (χ1) is 13.1. The van der Waals surface area contributed by atoms with Gasteiger partial charge in [0.2, 0.25) is 5.91 Å². The van der Waals surface area contributed by atoms with E-state index in [1.165, 1.54) is 31.2 Å². The Kier molecular flexibility index (Phi) is 7.04. The Morgan fingerprint density at radius 1 is 1.11 bits per heavy atom. The van der Waals surface area contributed by atoms with E-state index in [1.54, 1.807) is 12.1 Å². The lowest BCUT2D eigenvalue weighted by Crippen LogP contribution is -2.45. The van der Waals surface area contributed by atoms with Crippen LogP contribution in [0.1, 0.15) is 34.5 Å². The van der Waals surface area contributed by atoms with Crippen molar-refractivity contribution in [3.63, 3.8) is 0 Å². The number of nitrogens with one attached hydrogen (secondary N) is 2. The summed E-state index contributed by atoms with van der Waals surface area (Å²) in [7, 11) is 0. The lowest BCUT2D eigenvalue weighted by molar-refractivity contribution is -0.139. The number of carbonyl (C=O) groups excluding carboxylic acids is 2. The first kappa shape index (κ1) is 21.7. The number of alkyl halides is 3. The smallest absolute Gasteiger partial charge is 0.387 e. The summed E-state index contributed by atoms with van der Waals surface area (Å²) in [5.74, 6) is -1.24. The van der Waals surface area contributed by atoms with E-state index in [-0.39, 0.29) is 16.1 Å². The first-order valence-corrected chi connectivity index (χ1v) is 8.66. The van der Waals surface area contributed by atoms with Crippen molar-refractivity contribution in [1.29, 1.82) is 0 Å². The summed E-state index contributed by atoms with van der Waals surface area (Å²) < 4.78 is 39.0. The van der Waals surface area contributed by atoms with Gasteiger partial charge in [0.05, 0.1) is 22.3 Å². The molecule has 9 heteroatoms. The van der Waals surface area contributed by atoms with Gasteiger partial charge in [0.1, 0.15) is 6.04 Å². The fraction of sp³-hybridized carbons (Fsp3) is 0.263. The Morgan fingerprint density at radius 2 is 1.71 bits per heavy atom. The zero-order valence-corrected chi connectivity index (χ0v) is 15.5. The fourth-order valence-electron chi connectivity index (χ4n) is 2.49. The van der Waals surface area contributed by atoms with Crippen LogP contribution in [0.5, 0.6) is 0 Å². The Morgan fingerprint density at radius 3 is 2.36 bits per heavy atom. The van der Waals surface area contributed by atoms with Gasteiger partial charge in [0.25, 0.3) is 5.91 Å². The van der Waals surface area contributed by atoms with Crippen molar-refractivity contribution in [2.45, 2.75) is 25.2 Å². The summed E-state index contributed by atoms with van der Waals surface area (Å²) in [5.41, 5.74) is -1.14. The number of aliphatic hydroxyl groups excluding tert-OH is 1. The van der Waals surface area contributed by atoms with Gasteiger partial charge in [0, 0.05) is 6.54 Å². The SMILES string of the molecule is CC(NC(=O)c1ccccc1Cl)C(=O)NCC(O)c1ccccc1C(F)(F)F. The number of rotatable bonds is 6. The van der Waals surface area contributed by atoms with Crippen LogP contribution < -0.4 is 10.6 Å². The van der Waals surface area contributed by atoms with E-state index in [0.29, 0.717) is 0 Å². The molecule has 2 unspecified atom stereocenters. The normalized spacial score (nSPS) is 13.5. The van der Waals surface area contributed by atoms with Crippen molar-refractivity contribution < 1.29 is 27.9 Å². The van der Waals surface area contributed by atoms with Crippen LogP contribution in [0.15, 0.2) is 48.5 Å². The summed E-state index contributed by atoms with van der Waals surface area (Å²) in [5, 5.41) is 15.1. The first-order valence-electron chi connectivity index (χ1n) is 8.28. The third kappa shape index (κ3) is 5.46. The van der Waals surface area contributed by atoms with Crippen LogP contribution in [0.25, 0.3) is 0 Å². The quantitative estimate of drug-likeness (QED) is 0.678. The molecule has 2 rings (SSSR count). The molecule has 0 aliphatic heterocycles. The van der Waals surface area contributed by atoms with E-state index in [0.717, 1.165) is 12.1 Å². The Hall–Kier alpha value is -2.58. The number of hydrogen-bond donors (Lipinski definition) is 3. The van der Waals surface area contributed by atoms with Crippen LogP contribution in [0.3, 0.4) is 0 Å². The van der Waals surface area contributed by atoms with Gasteiger partial charge in [-0.25, -0.2) is 0 Å². The van der Waals surface area contributed by atoms with Crippen molar-refractivity contribution in [2.75, 3.05) is 6.54 Å². The summed E-state index contributed by atoms with van der Waals surface area (Å²) >= 11 is 5.92. The van der Waals surface area contributed by atoms with Gasteiger partial charge in [-0.15, -0.1) is 0 Å². The minimum atomic E-state index is -4.63. The van der Waals surface area contributed by atoms with Gasteiger partial charge >= 0.3 is 6.18 Å². The average molecular weight is 415 g/mol. The molecule has 2 aromatic rings. The highest BCUT2D eigenvalue weighted by molar-refractivity contribution is 6.33. The van der Waals surface area contributed by atoms with Crippen LogP contribution in [0.4, 0.5) is 13.2 Å². The van der Waals surface area contributed by atoms with Gasteiger partial charge in [-0.05, 0) is 30.7 Å². The number of benzene rings is 2. The van der Waals surface area contributed by atoms with E-state index in [2.05, 4.69) is 10.6 Å². The van der Waals surface area contributed by atoms with Crippen LogP contribution in [-0.4, -0.2) is 29.5 Å². The number of carbonyl (C=O) groups is 2. The highest BCUT2D eigenvalue weighted by Gasteiger charge is 2.34. The van der Waals surface area contributed by atoms with Crippen molar-refractivity contribution >= 4 is 23.4 Å². The van der Waals surface area contributed by atoms with Gasteiger partial charge in [-0.2, -0.15) is 13.2 Å². The van der Waals surface area contributed by atoms with Gasteiger partial charge in [-0.3, -0.25) is 9.59 Å². The summed E-state index contributed by atoms with van der Waals surface area (Å²) in [4.78, 5) is 24.3. The second kappa shape index (κ2) is 9.07. The molecule has 5 nitrogen and oxygen atoms in total. The summed E-state index contributed by atoms with van der Waals surface area (Å²) in [6.07, 6.45) is -6.19. The van der Waals surface area contributed by atoms with Gasteiger partial charge < -0.3 is 15.7 Å². The van der Waals surface area contributed by atoms with Gasteiger partial charge in [-0.1, -0.05) is 41.9 Å². The molecule has 28 heavy (non-hydrogen) atoms. The molecule has 2 aromatic carbocycles.